The number of hydrogen-bond acceptors (Lipinski definition) is 8. The van der Waals surface area contributed by atoms with Gasteiger partial charge in [0, 0.05) is 32.7 Å². The molecule has 5 rings (SSSR count). The number of nitrogens with zero attached hydrogens (tertiary/aromatic N) is 3. The number of fused-ring (bicyclic) bond motifs is 2. The van der Waals surface area contributed by atoms with Gasteiger partial charge >= 0.3 is 5.97 Å². The number of cyclic esters (lactones) is 1. The number of rotatable bonds is 6. The smallest absolute Gasteiger partial charge is 0.313 e. The number of ether oxygens (including phenoxy) is 3. The molecule has 10 nitrogen and oxygen atoms in total. The van der Waals surface area contributed by atoms with Gasteiger partial charge in [-0.15, -0.1) is 0 Å². The highest BCUT2D eigenvalue weighted by Gasteiger charge is 2.75. The second-order valence-electron chi connectivity index (χ2n) is 11.2. The third kappa shape index (κ3) is 4.59. The number of morpholine rings is 1. The van der Waals surface area contributed by atoms with Crippen molar-refractivity contribution >= 4 is 17.8 Å². The lowest BCUT2D eigenvalue weighted by Crippen LogP contribution is -2.59. The molecule has 6 atom stereocenters. The van der Waals surface area contributed by atoms with E-state index in [0.717, 1.165) is 32.4 Å². The summed E-state index contributed by atoms with van der Waals surface area (Å²) in [7, 11) is 0. The average Bonchev–Trinajstić information content (AvgIpc) is 3.25. The van der Waals surface area contributed by atoms with E-state index in [4.69, 9.17) is 14.2 Å². The summed E-state index contributed by atoms with van der Waals surface area (Å²) in [5, 5.41) is 10.2. The second kappa shape index (κ2) is 11.1. The van der Waals surface area contributed by atoms with Crippen molar-refractivity contribution < 1.29 is 33.7 Å². The third-order valence-corrected chi connectivity index (χ3v) is 8.89. The van der Waals surface area contributed by atoms with Gasteiger partial charge < -0.3 is 29.1 Å². The zero-order chi connectivity index (χ0) is 26.9. The van der Waals surface area contributed by atoms with Crippen molar-refractivity contribution in [2.75, 3.05) is 59.2 Å². The Labute approximate surface area is 224 Å². The number of carbonyl (C=O) groups excluding carboxylic acids is 3. The summed E-state index contributed by atoms with van der Waals surface area (Å²) in [6, 6.07) is -1.54. The van der Waals surface area contributed by atoms with Crippen LogP contribution in [0.3, 0.4) is 0 Å². The molecular weight excluding hydrogens is 490 g/mol. The lowest BCUT2D eigenvalue weighted by Gasteiger charge is -2.40. The Morgan fingerprint density at radius 3 is 2.55 bits per heavy atom. The highest BCUT2D eigenvalue weighted by molar-refractivity contribution is 5.99. The predicted molar refractivity (Wildman–Crippen MR) is 138 cm³/mol. The lowest BCUT2D eigenvalue weighted by molar-refractivity contribution is -0.161. The average molecular weight is 532 g/mol. The zero-order valence-corrected chi connectivity index (χ0v) is 22.5. The molecule has 1 spiro atoms. The summed E-state index contributed by atoms with van der Waals surface area (Å²) in [4.78, 5) is 47.6. The summed E-state index contributed by atoms with van der Waals surface area (Å²) in [6.07, 6.45) is 10.6. The molecule has 0 aliphatic carbocycles. The second-order valence-corrected chi connectivity index (χ2v) is 11.2. The van der Waals surface area contributed by atoms with E-state index in [1.807, 2.05) is 38.2 Å². The molecule has 2 amide bonds. The van der Waals surface area contributed by atoms with Gasteiger partial charge in [-0.05, 0) is 32.6 Å². The first-order chi connectivity index (χ1) is 18.4. The van der Waals surface area contributed by atoms with E-state index in [9.17, 15) is 19.5 Å². The summed E-state index contributed by atoms with van der Waals surface area (Å²) < 4.78 is 17.9. The van der Waals surface area contributed by atoms with Gasteiger partial charge in [0.25, 0.3) is 0 Å². The first-order valence-electron chi connectivity index (χ1n) is 14.1. The van der Waals surface area contributed by atoms with Crippen molar-refractivity contribution in [1.82, 2.24) is 14.7 Å². The van der Waals surface area contributed by atoms with Crippen molar-refractivity contribution in [3.8, 4) is 0 Å². The molecule has 0 aromatic heterocycles. The first-order valence-corrected chi connectivity index (χ1v) is 14.1. The Morgan fingerprint density at radius 1 is 1.03 bits per heavy atom. The molecule has 10 heteroatoms. The minimum atomic E-state index is -1.33. The van der Waals surface area contributed by atoms with Crippen LogP contribution in [0.4, 0.5) is 0 Å². The molecule has 5 heterocycles. The molecule has 210 valence electrons. The van der Waals surface area contributed by atoms with Crippen LogP contribution in [0.25, 0.3) is 0 Å². The lowest BCUT2D eigenvalue weighted by atomic mass is 9.74. The number of likely N-dealkylation sites (tertiary alicyclic amines) is 1. The van der Waals surface area contributed by atoms with E-state index < -0.39 is 41.1 Å². The number of hydrogen-bond donors (Lipinski definition) is 1. The van der Waals surface area contributed by atoms with E-state index in [0.29, 0.717) is 45.9 Å². The molecule has 0 radical (unpaired) electrons. The van der Waals surface area contributed by atoms with Crippen molar-refractivity contribution in [3.63, 3.8) is 0 Å². The van der Waals surface area contributed by atoms with Gasteiger partial charge in [0.1, 0.15) is 17.6 Å². The van der Waals surface area contributed by atoms with E-state index >= 15 is 0 Å². The summed E-state index contributed by atoms with van der Waals surface area (Å²) >= 11 is 0. The van der Waals surface area contributed by atoms with Crippen LogP contribution in [0.5, 0.6) is 0 Å². The monoisotopic (exact) mass is 531 g/mol. The number of amides is 2. The maximum Gasteiger partial charge on any atom is 0.313 e. The van der Waals surface area contributed by atoms with Crippen LogP contribution in [0.2, 0.25) is 0 Å². The highest BCUT2D eigenvalue weighted by atomic mass is 16.6. The Balaban J connectivity index is 1.54. The molecule has 3 fully saturated rings. The molecule has 0 aromatic carbocycles. The molecule has 0 aromatic rings. The topological polar surface area (TPSA) is 109 Å². The highest BCUT2D eigenvalue weighted by Crippen LogP contribution is 2.57. The van der Waals surface area contributed by atoms with Crippen LogP contribution >= 0.6 is 0 Å². The van der Waals surface area contributed by atoms with E-state index in [1.54, 1.807) is 4.90 Å². The fourth-order valence-corrected chi connectivity index (χ4v) is 6.88. The third-order valence-electron chi connectivity index (χ3n) is 8.89. The van der Waals surface area contributed by atoms with E-state index in [-0.39, 0.29) is 18.4 Å². The predicted octanol–water partition coefficient (Wildman–Crippen LogP) is 0.742. The number of allylic oxidation sites excluding steroid dienone is 1. The Hall–Kier alpha value is -2.27. The Morgan fingerprint density at radius 2 is 1.82 bits per heavy atom. The fourth-order valence-electron chi connectivity index (χ4n) is 6.88. The molecule has 1 unspecified atom stereocenters. The van der Waals surface area contributed by atoms with Crippen molar-refractivity contribution in [3.05, 3.63) is 24.3 Å². The molecule has 5 aliphatic heterocycles. The maximum atomic E-state index is 14.3. The molecule has 1 N–H and O–H groups in total. The standard InChI is InChI=1S/C28H41N3O7/c1-3-20(19-32)31-23-25(34)30(13-12-29-14-17-36-18-15-29)11-8-10-28(23)21(24(31)33)22-26(35)37-16-7-5-4-6-9-27(22,2)38-28/h6,8-10,20-23,32H,3-5,7,11-19H2,1-2H3/b9-6-/t20-,21-,22-,23?,27+,28-/m0/s1. The summed E-state index contributed by atoms with van der Waals surface area (Å²) in [5.74, 6) is -2.84. The molecular formula is C28H41N3O7. The van der Waals surface area contributed by atoms with Crippen molar-refractivity contribution in [2.45, 2.75) is 62.8 Å². The number of esters is 1. The Bertz CT molecular complexity index is 975. The van der Waals surface area contributed by atoms with Gasteiger partial charge in [-0.25, -0.2) is 0 Å². The molecule has 0 bridgehead atoms. The van der Waals surface area contributed by atoms with Gasteiger partial charge in [0.15, 0.2) is 0 Å². The summed E-state index contributed by atoms with van der Waals surface area (Å²) in [5.41, 5.74) is -2.44. The number of aliphatic hydroxyl groups is 1. The molecule has 3 saturated heterocycles. The minimum Gasteiger partial charge on any atom is -0.465 e. The maximum absolute atomic E-state index is 14.3. The van der Waals surface area contributed by atoms with Gasteiger partial charge in [-0.1, -0.05) is 31.2 Å². The quantitative estimate of drug-likeness (QED) is 0.395. The van der Waals surface area contributed by atoms with Gasteiger partial charge in [0.05, 0.1) is 44.0 Å². The van der Waals surface area contributed by atoms with Crippen LogP contribution in [0.15, 0.2) is 24.3 Å². The van der Waals surface area contributed by atoms with Gasteiger partial charge in [-0.2, -0.15) is 0 Å². The van der Waals surface area contributed by atoms with Crippen LogP contribution < -0.4 is 0 Å². The Kier molecular flexibility index (Phi) is 7.96. The largest absolute Gasteiger partial charge is 0.465 e. The SMILES string of the molecule is CC[C@@H](CO)N1C(=O)[C@@H]2[C@H]3C(=O)OCCCC/C=C\[C@@]3(C)O[C@@]23C=CCN(CCN2CCOCC2)C(=O)C13. The molecule has 0 saturated carbocycles. The molecule has 5 aliphatic rings. The fraction of sp³-hybridized carbons (Fsp3) is 0.750. The van der Waals surface area contributed by atoms with Crippen LogP contribution in [-0.2, 0) is 28.6 Å². The van der Waals surface area contributed by atoms with Crippen molar-refractivity contribution in [1.29, 1.82) is 0 Å². The van der Waals surface area contributed by atoms with E-state index in [2.05, 4.69) is 4.90 Å². The van der Waals surface area contributed by atoms with Gasteiger partial charge in [0.2, 0.25) is 11.8 Å². The molecule has 38 heavy (non-hydrogen) atoms. The van der Waals surface area contributed by atoms with Crippen LogP contribution in [0.1, 0.15) is 39.5 Å². The van der Waals surface area contributed by atoms with Crippen LogP contribution in [0, 0.1) is 11.8 Å². The normalized spacial score (nSPS) is 37.8. The van der Waals surface area contributed by atoms with Gasteiger partial charge in [-0.3, -0.25) is 19.3 Å². The van der Waals surface area contributed by atoms with Crippen molar-refractivity contribution in [2.24, 2.45) is 11.8 Å². The minimum absolute atomic E-state index is 0.212. The van der Waals surface area contributed by atoms with E-state index in [1.165, 1.54) is 4.90 Å². The summed E-state index contributed by atoms with van der Waals surface area (Å²) in [6.45, 7) is 8.29. The zero-order valence-electron chi connectivity index (χ0n) is 22.5. The van der Waals surface area contributed by atoms with Crippen LogP contribution in [-0.4, -0.2) is 120 Å². The first kappa shape index (κ1) is 27.3. The number of carbonyl (C=O) groups is 3. The number of aliphatic hydroxyl groups excluding tert-OH is 1.